The van der Waals surface area contributed by atoms with Crippen molar-refractivity contribution in [1.29, 1.82) is 0 Å². The standard InChI is InChI=1S/C4H10OS2/c1-2-5-4(7)3-6/h4,6-7H,2-3H2,1H3. The van der Waals surface area contributed by atoms with Gasteiger partial charge in [-0.25, -0.2) is 0 Å². The summed E-state index contributed by atoms with van der Waals surface area (Å²) in [6.07, 6.45) is 0. The van der Waals surface area contributed by atoms with Gasteiger partial charge in [-0.1, -0.05) is 0 Å². The maximum atomic E-state index is 4.98. The number of thiol groups is 2. The molecule has 0 saturated heterocycles. The molecule has 0 N–H and O–H groups in total. The Morgan fingerprint density at radius 1 is 1.71 bits per heavy atom. The highest BCUT2D eigenvalue weighted by Gasteiger charge is 1.93. The van der Waals surface area contributed by atoms with E-state index in [1.807, 2.05) is 6.92 Å². The van der Waals surface area contributed by atoms with Crippen molar-refractivity contribution in [3.63, 3.8) is 0 Å². The normalized spacial score (nSPS) is 14.1. The van der Waals surface area contributed by atoms with Gasteiger partial charge in [0.05, 0.1) is 0 Å². The van der Waals surface area contributed by atoms with E-state index in [2.05, 4.69) is 25.3 Å². The Bertz CT molecular complexity index is 40.7. The zero-order valence-corrected chi connectivity index (χ0v) is 6.08. The van der Waals surface area contributed by atoms with E-state index in [-0.39, 0.29) is 5.44 Å². The van der Waals surface area contributed by atoms with Gasteiger partial charge >= 0.3 is 0 Å². The van der Waals surface area contributed by atoms with Crippen LogP contribution in [0.25, 0.3) is 0 Å². The Labute approximate surface area is 55.3 Å². The first-order chi connectivity index (χ1) is 3.31. The van der Waals surface area contributed by atoms with Gasteiger partial charge in [0, 0.05) is 12.4 Å². The van der Waals surface area contributed by atoms with Crippen molar-refractivity contribution in [3.8, 4) is 0 Å². The van der Waals surface area contributed by atoms with Gasteiger partial charge in [0.2, 0.25) is 0 Å². The largest absolute Gasteiger partial charge is 0.367 e. The monoisotopic (exact) mass is 138 g/mol. The molecule has 0 aliphatic heterocycles. The second-order valence-electron chi connectivity index (χ2n) is 1.09. The van der Waals surface area contributed by atoms with Crippen LogP contribution in [0.4, 0.5) is 0 Å². The Balaban J connectivity index is 2.83. The van der Waals surface area contributed by atoms with Crippen molar-refractivity contribution >= 4 is 25.3 Å². The van der Waals surface area contributed by atoms with Crippen molar-refractivity contribution in [1.82, 2.24) is 0 Å². The van der Waals surface area contributed by atoms with E-state index < -0.39 is 0 Å². The van der Waals surface area contributed by atoms with Crippen LogP contribution < -0.4 is 0 Å². The van der Waals surface area contributed by atoms with E-state index >= 15 is 0 Å². The minimum absolute atomic E-state index is 0.00772. The summed E-state index contributed by atoms with van der Waals surface area (Å²) < 4.78 is 4.98. The molecule has 44 valence electrons. The van der Waals surface area contributed by atoms with Gasteiger partial charge in [0.25, 0.3) is 0 Å². The Morgan fingerprint density at radius 2 is 2.29 bits per heavy atom. The molecule has 0 aromatic rings. The fourth-order valence-electron chi connectivity index (χ4n) is 0.245. The number of hydrogen-bond acceptors (Lipinski definition) is 3. The lowest BCUT2D eigenvalue weighted by molar-refractivity contribution is 0.142. The lowest BCUT2D eigenvalue weighted by Gasteiger charge is -2.04. The first-order valence-corrected chi connectivity index (χ1v) is 3.36. The average Bonchev–Trinajstić information content (AvgIpc) is 1.68. The predicted molar refractivity (Wildman–Crippen MR) is 38.3 cm³/mol. The van der Waals surface area contributed by atoms with Crippen molar-refractivity contribution in [2.45, 2.75) is 12.4 Å². The van der Waals surface area contributed by atoms with E-state index in [1.54, 1.807) is 0 Å². The molecule has 1 unspecified atom stereocenters. The molecule has 0 bridgehead atoms. The molecule has 0 fully saturated rings. The van der Waals surface area contributed by atoms with Crippen LogP contribution in [-0.4, -0.2) is 17.8 Å². The zero-order chi connectivity index (χ0) is 5.70. The Hall–Kier alpha value is 0.660. The highest BCUT2D eigenvalue weighted by atomic mass is 32.1. The molecule has 0 saturated carbocycles. The van der Waals surface area contributed by atoms with Crippen LogP contribution in [0.15, 0.2) is 0 Å². The third-order valence-corrected chi connectivity index (χ3v) is 1.47. The van der Waals surface area contributed by atoms with Crippen LogP contribution >= 0.6 is 25.3 Å². The second-order valence-corrected chi connectivity index (χ2v) is 2.03. The summed E-state index contributed by atoms with van der Waals surface area (Å²) in [5.74, 6) is 0.678. The van der Waals surface area contributed by atoms with Crippen molar-refractivity contribution in [2.75, 3.05) is 12.4 Å². The number of hydrogen-bond donors (Lipinski definition) is 2. The van der Waals surface area contributed by atoms with E-state index in [0.717, 1.165) is 0 Å². The van der Waals surface area contributed by atoms with Crippen molar-refractivity contribution in [2.24, 2.45) is 0 Å². The van der Waals surface area contributed by atoms with Crippen LogP contribution in [0.2, 0.25) is 0 Å². The molecule has 0 aliphatic rings. The lowest BCUT2D eigenvalue weighted by Crippen LogP contribution is -2.05. The number of ether oxygens (including phenoxy) is 1. The Kier molecular flexibility index (Phi) is 5.26. The third kappa shape index (κ3) is 4.51. The van der Waals surface area contributed by atoms with E-state index in [0.29, 0.717) is 12.4 Å². The summed E-state index contributed by atoms with van der Waals surface area (Å²) in [4.78, 5) is 0. The first kappa shape index (κ1) is 7.66. The van der Waals surface area contributed by atoms with Crippen LogP contribution in [-0.2, 0) is 4.74 Å². The molecule has 0 rings (SSSR count). The third-order valence-electron chi connectivity index (χ3n) is 0.515. The fourth-order valence-corrected chi connectivity index (χ4v) is 0.500. The summed E-state index contributed by atoms with van der Waals surface area (Å²) in [6.45, 7) is 2.65. The van der Waals surface area contributed by atoms with Crippen molar-refractivity contribution < 1.29 is 4.74 Å². The number of rotatable bonds is 3. The summed E-state index contributed by atoms with van der Waals surface area (Å²) in [7, 11) is 0. The van der Waals surface area contributed by atoms with Gasteiger partial charge < -0.3 is 4.74 Å². The molecule has 0 aromatic heterocycles. The highest BCUT2D eigenvalue weighted by molar-refractivity contribution is 7.84. The molecule has 1 atom stereocenters. The van der Waals surface area contributed by atoms with Gasteiger partial charge in [-0.3, -0.25) is 0 Å². The van der Waals surface area contributed by atoms with Crippen LogP contribution in [0.1, 0.15) is 6.92 Å². The van der Waals surface area contributed by atoms with E-state index in [1.165, 1.54) is 0 Å². The summed E-state index contributed by atoms with van der Waals surface area (Å²) in [5, 5.41) is 0. The molecule has 1 nitrogen and oxygen atoms in total. The average molecular weight is 138 g/mol. The second kappa shape index (κ2) is 4.81. The topological polar surface area (TPSA) is 9.23 Å². The minimum Gasteiger partial charge on any atom is -0.367 e. The first-order valence-electron chi connectivity index (χ1n) is 2.21. The van der Waals surface area contributed by atoms with E-state index in [4.69, 9.17) is 4.74 Å². The quantitative estimate of drug-likeness (QED) is 0.440. The van der Waals surface area contributed by atoms with E-state index in [9.17, 15) is 0 Å². The van der Waals surface area contributed by atoms with Crippen LogP contribution in [0, 0.1) is 0 Å². The molecular formula is C4H10OS2. The molecule has 7 heavy (non-hydrogen) atoms. The molecule has 0 heterocycles. The molecule has 0 aliphatic carbocycles. The maximum absolute atomic E-state index is 4.98. The molecular weight excluding hydrogens is 128 g/mol. The summed E-state index contributed by atoms with van der Waals surface area (Å²) >= 11 is 7.96. The molecule has 0 spiro atoms. The smallest absolute Gasteiger partial charge is 0.109 e. The predicted octanol–water partition coefficient (Wildman–Crippen LogP) is 1.21. The van der Waals surface area contributed by atoms with Gasteiger partial charge in [0.1, 0.15) is 5.44 Å². The van der Waals surface area contributed by atoms with Gasteiger partial charge in [-0.2, -0.15) is 12.6 Å². The fraction of sp³-hybridized carbons (Fsp3) is 1.00. The Morgan fingerprint density at radius 3 is 2.43 bits per heavy atom. The molecule has 0 amide bonds. The maximum Gasteiger partial charge on any atom is 0.109 e. The van der Waals surface area contributed by atoms with Gasteiger partial charge in [-0.05, 0) is 6.92 Å². The summed E-state index contributed by atoms with van der Waals surface area (Å²) in [5.41, 5.74) is 0.00772. The zero-order valence-electron chi connectivity index (χ0n) is 4.29. The SMILES string of the molecule is CCOC(S)CS. The molecule has 0 radical (unpaired) electrons. The minimum atomic E-state index is 0.00772. The van der Waals surface area contributed by atoms with Gasteiger partial charge in [0.15, 0.2) is 0 Å². The molecule has 3 heteroatoms. The van der Waals surface area contributed by atoms with Crippen molar-refractivity contribution in [3.05, 3.63) is 0 Å². The highest BCUT2D eigenvalue weighted by Crippen LogP contribution is 1.97. The summed E-state index contributed by atoms with van der Waals surface area (Å²) in [6, 6.07) is 0. The van der Waals surface area contributed by atoms with Gasteiger partial charge in [-0.15, -0.1) is 12.6 Å². The molecule has 0 aromatic carbocycles. The van der Waals surface area contributed by atoms with Crippen LogP contribution in [0.5, 0.6) is 0 Å². The van der Waals surface area contributed by atoms with Crippen LogP contribution in [0.3, 0.4) is 0 Å². The lowest BCUT2D eigenvalue weighted by atomic mass is 10.8.